The molecule has 9 rings (SSSR count). The number of hydrogen-bond donors (Lipinski definition) is 0. The fraction of sp³-hybridized carbons (Fsp3) is 0. The molecule has 9 aromatic rings. The van der Waals surface area contributed by atoms with Gasteiger partial charge in [-0.25, -0.2) is 0 Å². The fourth-order valence-electron chi connectivity index (χ4n) is 6.92. The van der Waals surface area contributed by atoms with Gasteiger partial charge in [-0.15, -0.1) is 11.3 Å². The number of rotatable bonds is 7. The standard InChI is InChI=1S/C48H33NS/c1-4-12-34(13-5-1)37-20-25-42(26-21-37)49(44-31-40(35-14-6-2-7-15-35)30-41(32-44)36-16-8-3-9-17-36)43-27-22-38(23-28-43)39-24-29-46-45-18-10-11-19-47(45)50-48(46)33-39/h1-33H. The van der Waals surface area contributed by atoms with Gasteiger partial charge in [0.15, 0.2) is 0 Å². The first-order valence-corrected chi connectivity index (χ1v) is 17.8. The quantitative estimate of drug-likeness (QED) is 0.165. The summed E-state index contributed by atoms with van der Waals surface area (Å²) in [4.78, 5) is 2.38. The Balaban J connectivity index is 1.17. The van der Waals surface area contributed by atoms with Crippen LogP contribution in [0, 0.1) is 0 Å². The third-order valence-electron chi connectivity index (χ3n) is 9.46. The van der Waals surface area contributed by atoms with Gasteiger partial charge in [-0.1, -0.05) is 146 Å². The summed E-state index contributed by atoms with van der Waals surface area (Å²) in [5.41, 5.74) is 12.9. The van der Waals surface area contributed by atoms with Gasteiger partial charge in [0.25, 0.3) is 0 Å². The highest BCUT2D eigenvalue weighted by molar-refractivity contribution is 7.25. The maximum atomic E-state index is 2.38. The largest absolute Gasteiger partial charge is 0.310 e. The van der Waals surface area contributed by atoms with Crippen molar-refractivity contribution in [1.29, 1.82) is 0 Å². The van der Waals surface area contributed by atoms with Crippen LogP contribution in [0.15, 0.2) is 200 Å². The van der Waals surface area contributed by atoms with Crippen LogP contribution >= 0.6 is 11.3 Å². The van der Waals surface area contributed by atoms with Crippen LogP contribution in [-0.4, -0.2) is 0 Å². The summed E-state index contributed by atoms with van der Waals surface area (Å²) < 4.78 is 2.65. The first-order chi connectivity index (χ1) is 24.8. The minimum atomic E-state index is 1.10. The van der Waals surface area contributed by atoms with Gasteiger partial charge in [-0.05, 0) is 99.1 Å². The van der Waals surface area contributed by atoms with Crippen molar-refractivity contribution in [3.63, 3.8) is 0 Å². The average molecular weight is 656 g/mol. The Labute approximate surface area is 297 Å². The predicted molar refractivity (Wildman–Crippen MR) is 216 cm³/mol. The molecular weight excluding hydrogens is 623 g/mol. The van der Waals surface area contributed by atoms with Gasteiger partial charge >= 0.3 is 0 Å². The van der Waals surface area contributed by atoms with E-state index < -0.39 is 0 Å². The monoisotopic (exact) mass is 655 g/mol. The Morgan fingerprint density at radius 3 is 1.24 bits per heavy atom. The van der Waals surface area contributed by atoms with Crippen molar-refractivity contribution < 1.29 is 0 Å². The lowest BCUT2D eigenvalue weighted by Crippen LogP contribution is -2.10. The smallest absolute Gasteiger partial charge is 0.0473 e. The first kappa shape index (κ1) is 29.9. The van der Waals surface area contributed by atoms with Gasteiger partial charge in [0.1, 0.15) is 0 Å². The summed E-state index contributed by atoms with van der Waals surface area (Å²) in [6.45, 7) is 0. The summed E-state index contributed by atoms with van der Waals surface area (Å²) in [5.74, 6) is 0. The van der Waals surface area contributed by atoms with E-state index in [2.05, 4.69) is 205 Å². The van der Waals surface area contributed by atoms with Crippen LogP contribution in [0.3, 0.4) is 0 Å². The van der Waals surface area contributed by atoms with Crippen LogP contribution in [0.1, 0.15) is 0 Å². The van der Waals surface area contributed by atoms with Crippen LogP contribution in [-0.2, 0) is 0 Å². The number of thiophene rings is 1. The van der Waals surface area contributed by atoms with Gasteiger partial charge in [0.2, 0.25) is 0 Å². The molecule has 0 atom stereocenters. The normalized spacial score (nSPS) is 11.2. The highest BCUT2D eigenvalue weighted by atomic mass is 32.1. The minimum Gasteiger partial charge on any atom is -0.310 e. The SMILES string of the molecule is c1ccc(-c2ccc(N(c3ccc(-c4ccc5c(c4)sc4ccccc45)cc3)c3cc(-c4ccccc4)cc(-c4ccccc4)c3)cc2)cc1. The van der Waals surface area contributed by atoms with Crippen LogP contribution in [0.25, 0.3) is 64.7 Å². The molecule has 0 spiro atoms. The Morgan fingerprint density at radius 2 is 0.680 bits per heavy atom. The van der Waals surface area contributed by atoms with Gasteiger partial charge in [0.05, 0.1) is 0 Å². The lowest BCUT2D eigenvalue weighted by atomic mass is 9.97. The molecule has 1 aromatic heterocycles. The number of benzene rings is 8. The van der Waals surface area contributed by atoms with Crippen molar-refractivity contribution in [2.45, 2.75) is 0 Å². The predicted octanol–water partition coefficient (Wildman–Crippen LogP) is 14.2. The lowest BCUT2D eigenvalue weighted by molar-refractivity contribution is 1.28. The molecule has 0 saturated heterocycles. The van der Waals surface area contributed by atoms with E-state index in [1.54, 1.807) is 0 Å². The van der Waals surface area contributed by atoms with E-state index in [-0.39, 0.29) is 0 Å². The van der Waals surface area contributed by atoms with E-state index in [0.29, 0.717) is 0 Å². The molecule has 8 aromatic carbocycles. The molecular formula is C48H33NS. The molecule has 0 N–H and O–H groups in total. The van der Waals surface area contributed by atoms with Gasteiger partial charge in [0, 0.05) is 37.2 Å². The number of fused-ring (bicyclic) bond motifs is 3. The molecule has 0 aliphatic rings. The number of nitrogens with zero attached hydrogens (tertiary/aromatic N) is 1. The first-order valence-electron chi connectivity index (χ1n) is 17.0. The van der Waals surface area contributed by atoms with E-state index in [9.17, 15) is 0 Å². The van der Waals surface area contributed by atoms with Crippen molar-refractivity contribution in [3.8, 4) is 44.5 Å². The van der Waals surface area contributed by atoms with Gasteiger partial charge in [-0.2, -0.15) is 0 Å². The third kappa shape index (κ3) is 5.77. The molecule has 0 amide bonds. The van der Waals surface area contributed by atoms with Crippen LogP contribution in [0.5, 0.6) is 0 Å². The van der Waals surface area contributed by atoms with Gasteiger partial charge in [-0.3, -0.25) is 0 Å². The van der Waals surface area contributed by atoms with Crippen molar-refractivity contribution in [3.05, 3.63) is 200 Å². The number of anilines is 3. The second-order valence-corrected chi connectivity index (χ2v) is 13.7. The minimum absolute atomic E-state index is 1.10. The molecule has 1 heterocycles. The highest BCUT2D eigenvalue weighted by Crippen LogP contribution is 2.41. The molecule has 0 aliphatic carbocycles. The van der Waals surface area contributed by atoms with E-state index >= 15 is 0 Å². The highest BCUT2D eigenvalue weighted by Gasteiger charge is 2.17. The molecule has 2 heteroatoms. The topological polar surface area (TPSA) is 3.24 Å². The molecule has 0 saturated carbocycles. The summed E-state index contributed by atoms with van der Waals surface area (Å²) in [6.07, 6.45) is 0. The molecule has 0 aliphatic heterocycles. The molecule has 0 bridgehead atoms. The molecule has 1 nitrogen and oxygen atoms in total. The molecule has 50 heavy (non-hydrogen) atoms. The van der Waals surface area contributed by atoms with Crippen molar-refractivity contribution in [2.75, 3.05) is 4.90 Å². The van der Waals surface area contributed by atoms with E-state index in [1.807, 2.05) is 11.3 Å². The molecule has 236 valence electrons. The summed E-state index contributed by atoms with van der Waals surface area (Å²) in [6, 6.07) is 72.4. The van der Waals surface area contributed by atoms with Crippen LogP contribution < -0.4 is 4.90 Å². The molecule has 0 unspecified atom stereocenters. The zero-order valence-electron chi connectivity index (χ0n) is 27.4. The van der Waals surface area contributed by atoms with E-state index in [4.69, 9.17) is 0 Å². The van der Waals surface area contributed by atoms with Crippen LogP contribution in [0.4, 0.5) is 17.1 Å². The van der Waals surface area contributed by atoms with Gasteiger partial charge < -0.3 is 4.90 Å². The zero-order valence-corrected chi connectivity index (χ0v) is 28.2. The third-order valence-corrected chi connectivity index (χ3v) is 10.6. The summed E-state index contributed by atoms with van der Waals surface area (Å²) >= 11 is 1.86. The Bertz CT molecular complexity index is 2490. The van der Waals surface area contributed by atoms with Crippen molar-refractivity contribution in [1.82, 2.24) is 0 Å². The Kier molecular flexibility index (Phi) is 7.77. The van der Waals surface area contributed by atoms with Crippen molar-refractivity contribution >= 4 is 48.6 Å². The zero-order chi connectivity index (χ0) is 33.3. The fourth-order valence-corrected chi connectivity index (χ4v) is 8.07. The number of hydrogen-bond acceptors (Lipinski definition) is 2. The summed E-state index contributed by atoms with van der Waals surface area (Å²) in [7, 11) is 0. The summed E-state index contributed by atoms with van der Waals surface area (Å²) in [5, 5.41) is 2.65. The van der Waals surface area contributed by atoms with Crippen LogP contribution in [0.2, 0.25) is 0 Å². The second kappa shape index (κ2) is 13.0. The Morgan fingerprint density at radius 1 is 0.260 bits per heavy atom. The maximum absolute atomic E-state index is 2.38. The maximum Gasteiger partial charge on any atom is 0.0473 e. The second-order valence-electron chi connectivity index (χ2n) is 12.6. The Hall–Kier alpha value is -6.22. The lowest BCUT2D eigenvalue weighted by Gasteiger charge is -2.27. The average Bonchev–Trinajstić information content (AvgIpc) is 3.57. The van der Waals surface area contributed by atoms with E-state index in [1.165, 1.54) is 64.7 Å². The molecule has 0 fully saturated rings. The van der Waals surface area contributed by atoms with E-state index in [0.717, 1.165) is 17.1 Å². The van der Waals surface area contributed by atoms with Crippen molar-refractivity contribution in [2.24, 2.45) is 0 Å². The molecule has 0 radical (unpaired) electrons.